The van der Waals surface area contributed by atoms with Crippen molar-refractivity contribution >= 4 is 22.8 Å². The highest BCUT2D eigenvalue weighted by Gasteiger charge is 2.30. The van der Waals surface area contributed by atoms with E-state index in [4.69, 9.17) is 4.74 Å². The Morgan fingerprint density at radius 3 is 2.71 bits per heavy atom. The first kappa shape index (κ1) is 20.8. The molecule has 2 aromatic heterocycles. The van der Waals surface area contributed by atoms with Gasteiger partial charge in [-0.2, -0.15) is 10.2 Å². The Morgan fingerprint density at radius 2 is 2.03 bits per heavy atom. The lowest BCUT2D eigenvalue weighted by atomic mass is 10.1. The third-order valence-electron chi connectivity index (χ3n) is 5.28. The zero-order valence-electron chi connectivity index (χ0n) is 17.8. The van der Waals surface area contributed by atoms with Crippen LogP contribution in [-0.2, 0) is 20.9 Å². The van der Waals surface area contributed by atoms with E-state index in [2.05, 4.69) is 15.5 Å². The summed E-state index contributed by atoms with van der Waals surface area (Å²) in [5, 5.41) is 12.2. The molecule has 0 bridgehead atoms. The number of amides is 1. The molecule has 9 nitrogen and oxygen atoms in total. The number of fused-ring (bicyclic) bond motifs is 1. The molecule has 0 spiro atoms. The van der Waals surface area contributed by atoms with Crippen LogP contribution in [0.1, 0.15) is 42.5 Å². The molecule has 0 radical (unpaired) electrons. The molecule has 1 saturated carbocycles. The van der Waals surface area contributed by atoms with Crippen molar-refractivity contribution in [2.45, 2.75) is 46.1 Å². The van der Waals surface area contributed by atoms with Gasteiger partial charge in [0, 0.05) is 11.3 Å². The number of benzene rings is 1. The van der Waals surface area contributed by atoms with E-state index in [-0.39, 0.29) is 25.6 Å². The first-order chi connectivity index (χ1) is 14.9. The van der Waals surface area contributed by atoms with E-state index in [0.29, 0.717) is 5.52 Å². The van der Waals surface area contributed by atoms with Crippen LogP contribution < -0.4 is 10.9 Å². The molecule has 2 heterocycles. The molecule has 4 rings (SSSR count). The van der Waals surface area contributed by atoms with Crippen molar-refractivity contribution in [3.8, 4) is 5.69 Å². The van der Waals surface area contributed by atoms with Gasteiger partial charge in [0.1, 0.15) is 18.6 Å². The van der Waals surface area contributed by atoms with Gasteiger partial charge in [-0.1, -0.05) is 17.7 Å². The maximum atomic E-state index is 13.3. The summed E-state index contributed by atoms with van der Waals surface area (Å²) in [6.07, 6.45) is 3.66. The molecule has 0 saturated heterocycles. The number of carbonyl (C=O) groups excluding carboxylic acids is 2. The van der Waals surface area contributed by atoms with Gasteiger partial charge >= 0.3 is 5.97 Å². The SMILES string of the molecule is CCOC(=O)CNC(=O)Cn1nc(C2CC2)c2cnn(-c3ccc(C)cc3C)c2c1=O. The second-order valence-electron chi connectivity index (χ2n) is 7.81. The van der Waals surface area contributed by atoms with E-state index in [1.165, 1.54) is 0 Å². The molecule has 0 aliphatic heterocycles. The third kappa shape index (κ3) is 4.21. The molecule has 162 valence electrons. The topological polar surface area (TPSA) is 108 Å². The van der Waals surface area contributed by atoms with Gasteiger partial charge in [-0.25, -0.2) is 9.36 Å². The van der Waals surface area contributed by atoms with Gasteiger partial charge in [0.05, 0.1) is 24.2 Å². The summed E-state index contributed by atoms with van der Waals surface area (Å²) in [5.41, 5.74) is 3.71. The quantitative estimate of drug-likeness (QED) is 0.580. The summed E-state index contributed by atoms with van der Waals surface area (Å²) in [6, 6.07) is 5.94. The fraction of sp³-hybridized carbons (Fsp3) is 0.409. The van der Waals surface area contributed by atoms with Crippen LogP contribution in [0.25, 0.3) is 16.6 Å². The van der Waals surface area contributed by atoms with Gasteiger partial charge < -0.3 is 10.1 Å². The van der Waals surface area contributed by atoms with E-state index in [1.807, 2.05) is 32.0 Å². The number of ether oxygens (including phenoxy) is 1. The molecule has 0 unspecified atom stereocenters. The van der Waals surface area contributed by atoms with Gasteiger partial charge in [0.15, 0.2) is 0 Å². The number of hydrogen-bond donors (Lipinski definition) is 1. The van der Waals surface area contributed by atoms with Crippen molar-refractivity contribution in [3.63, 3.8) is 0 Å². The Balaban J connectivity index is 1.73. The number of nitrogens with one attached hydrogen (secondary N) is 1. The standard InChI is InChI=1S/C22H25N5O4/c1-4-31-19(29)11-23-18(28)12-26-22(30)21-16(20(25-26)15-6-7-15)10-24-27(21)17-8-5-13(2)9-14(17)3/h5,8-10,15H,4,6-7,11-12H2,1-3H3,(H,23,28). The average Bonchev–Trinajstić information content (AvgIpc) is 3.47. The predicted octanol–water partition coefficient (Wildman–Crippen LogP) is 1.76. The van der Waals surface area contributed by atoms with Crippen molar-refractivity contribution in [1.82, 2.24) is 24.9 Å². The summed E-state index contributed by atoms with van der Waals surface area (Å²) in [4.78, 5) is 37.1. The van der Waals surface area contributed by atoms with Crippen molar-refractivity contribution in [3.05, 3.63) is 51.6 Å². The van der Waals surface area contributed by atoms with E-state index in [0.717, 1.165) is 45.4 Å². The number of aromatic nitrogens is 4. The van der Waals surface area contributed by atoms with Gasteiger partial charge in [-0.05, 0) is 45.2 Å². The Hall–Kier alpha value is -3.49. The minimum Gasteiger partial charge on any atom is -0.465 e. The molecule has 3 aromatic rings. The number of hydrogen-bond acceptors (Lipinski definition) is 6. The van der Waals surface area contributed by atoms with Crippen LogP contribution in [-0.4, -0.2) is 44.6 Å². The van der Waals surface area contributed by atoms with Crippen LogP contribution in [0.5, 0.6) is 0 Å². The summed E-state index contributed by atoms with van der Waals surface area (Å²) < 4.78 is 7.60. The highest BCUT2D eigenvalue weighted by molar-refractivity contribution is 5.84. The zero-order valence-corrected chi connectivity index (χ0v) is 17.8. The summed E-state index contributed by atoms with van der Waals surface area (Å²) in [6.45, 7) is 5.37. The van der Waals surface area contributed by atoms with Gasteiger partial charge in [0.25, 0.3) is 5.56 Å². The Kier molecular flexibility index (Phi) is 5.58. The van der Waals surface area contributed by atoms with Gasteiger partial charge in [0.2, 0.25) is 5.91 Å². The van der Waals surface area contributed by atoms with Crippen LogP contribution in [0.3, 0.4) is 0 Å². The summed E-state index contributed by atoms with van der Waals surface area (Å²) >= 11 is 0. The van der Waals surface area contributed by atoms with E-state index < -0.39 is 17.4 Å². The molecule has 1 aliphatic rings. The van der Waals surface area contributed by atoms with Crippen molar-refractivity contribution < 1.29 is 14.3 Å². The summed E-state index contributed by atoms with van der Waals surface area (Å²) in [7, 11) is 0. The fourth-order valence-electron chi connectivity index (χ4n) is 3.66. The Labute approximate surface area is 179 Å². The van der Waals surface area contributed by atoms with Crippen LogP contribution in [0.2, 0.25) is 0 Å². The first-order valence-electron chi connectivity index (χ1n) is 10.4. The lowest BCUT2D eigenvalue weighted by molar-refractivity contribution is -0.143. The summed E-state index contributed by atoms with van der Waals surface area (Å²) in [5.74, 6) is -0.756. The highest BCUT2D eigenvalue weighted by Crippen LogP contribution is 2.41. The minimum atomic E-state index is -0.529. The molecule has 1 fully saturated rings. The van der Waals surface area contributed by atoms with Crippen LogP contribution >= 0.6 is 0 Å². The Morgan fingerprint density at radius 1 is 1.26 bits per heavy atom. The number of nitrogens with zero attached hydrogens (tertiary/aromatic N) is 4. The Bertz CT molecular complexity index is 1220. The fourth-order valence-corrected chi connectivity index (χ4v) is 3.66. The zero-order chi connectivity index (χ0) is 22.1. The van der Waals surface area contributed by atoms with E-state index in [1.54, 1.807) is 17.8 Å². The maximum Gasteiger partial charge on any atom is 0.325 e. The highest BCUT2D eigenvalue weighted by atomic mass is 16.5. The molecule has 1 aliphatic carbocycles. The van der Waals surface area contributed by atoms with Crippen LogP contribution in [0.15, 0.2) is 29.2 Å². The lowest BCUT2D eigenvalue weighted by Gasteiger charge is -2.11. The first-order valence-corrected chi connectivity index (χ1v) is 10.4. The molecule has 0 atom stereocenters. The molecule has 1 aromatic carbocycles. The molecular weight excluding hydrogens is 398 g/mol. The molecule has 31 heavy (non-hydrogen) atoms. The second kappa shape index (κ2) is 8.33. The predicted molar refractivity (Wildman–Crippen MR) is 114 cm³/mol. The van der Waals surface area contributed by atoms with Crippen LogP contribution in [0.4, 0.5) is 0 Å². The maximum absolute atomic E-state index is 13.3. The number of rotatable bonds is 7. The van der Waals surface area contributed by atoms with Crippen molar-refractivity contribution in [1.29, 1.82) is 0 Å². The van der Waals surface area contributed by atoms with Crippen molar-refractivity contribution in [2.24, 2.45) is 0 Å². The van der Waals surface area contributed by atoms with Crippen LogP contribution in [0, 0.1) is 13.8 Å². The van der Waals surface area contributed by atoms with E-state index in [9.17, 15) is 14.4 Å². The molecule has 9 heteroatoms. The largest absolute Gasteiger partial charge is 0.465 e. The second-order valence-corrected chi connectivity index (χ2v) is 7.81. The minimum absolute atomic E-state index is 0.236. The number of esters is 1. The average molecular weight is 423 g/mol. The lowest BCUT2D eigenvalue weighted by Crippen LogP contribution is -2.37. The monoisotopic (exact) mass is 423 g/mol. The normalized spacial score (nSPS) is 13.4. The molecular formula is C22H25N5O4. The third-order valence-corrected chi connectivity index (χ3v) is 5.28. The van der Waals surface area contributed by atoms with Gasteiger partial charge in [-0.15, -0.1) is 0 Å². The molecule has 1 N–H and O–H groups in total. The molecule has 1 amide bonds. The number of carbonyl (C=O) groups is 2. The number of aryl methyl sites for hydroxylation is 2. The van der Waals surface area contributed by atoms with E-state index >= 15 is 0 Å². The smallest absolute Gasteiger partial charge is 0.325 e. The van der Waals surface area contributed by atoms with Gasteiger partial charge in [-0.3, -0.25) is 14.4 Å². The van der Waals surface area contributed by atoms with Crippen molar-refractivity contribution in [2.75, 3.05) is 13.2 Å².